The van der Waals surface area contributed by atoms with Gasteiger partial charge in [0.15, 0.2) is 0 Å². The summed E-state index contributed by atoms with van der Waals surface area (Å²) in [6.45, 7) is 2.08. The second-order valence-corrected chi connectivity index (χ2v) is 6.53. The number of aryl methyl sites for hydroxylation is 1. The Labute approximate surface area is 144 Å². The first kappa shape index (κ1) is 16.6. The first-order chi connectivity index (χ1) is 10.4. The van der Waals surface area contributed by atoms with Gasteiger partial charge in [0.2, 0.25) is 0 Å². The SMILES string of the molecule is CCc1cc(I)ccc1NC(=O)c1cc(N)ccc1N(C)C. The summed E-state index contributed by atoms with van der Waals surface area (Å²) < 4.78 is 1.16. The lowest BCUT2D eigenvalue weighted by molar-refractivity contribution is 0.102. The molecule has 0 aliphatic heterocycles. The molecule has 1 amide bonds. The minimum absolute atomic E-state index is 0.146. The number of nitrogen functional groups attached to an aromatic ring is 1. The molecular weight excluding hydrogens is 389 g/mol. The maximum Gasteiger partial charge on any atom is 0.257 e. The van der Waals surface area contributed by atoms with E-state index in [0.29, 0.717) is 11.3 Å². The predicted molar refractivity (Wildman–Crippen MR) is 102 cm³/mol. The highest BCUT2D eigenvalue weighted by molar-refractivity contribution is 14.1. The zero-order chi connectivity index (χ0) is 16.3. The maximum atomic E-state index is 12.6. The van der Waals surface area contributed by atoms with Crippen molar-refractivity contribution in [2.45, 2.75) is 13.3 Å². The average Bonchev–Trinajstić information content (AvgIpc) is 2.48. The van der Waals surface area contributed by atoms with Gasteiger partial charge in [-0.15, -0.1) is 0 Å². The summed E-state index contributed by atoms with van der Waals surface area (Å²) in [7, 11) is 3.81. The van der Waals surface area contributed by atoms with Crippen molar-refractivity contribution in [2.24, 2.45) is 0 Å². The molecular formula is C17H20IN3O. The van der Waals surface area contributed by atoms with Gasteiger partial charge < -0.3 is 16.0 Å². The largest absolute Gasteiger partial charge is 0.399 e. The average molecular weight is 409 g/mol. The molecule has 2 rings (SSSR count). The van der Waals surface area contributed by atoms with Gasteiger partial charge in [-0.25, -0.2) is 0 Å². The zero-order valence-corrected chi connectivity index (χ0v) is 15.1. The summed E-state index contributed by atoms with van der Waals surface area (Å²) in [5, 5.41) is 3.00. The molecule has 0 bridgehead atoms. The maximum absolute atomic E-state index is 12.6. The number of nitrogens with zero attached hydrogens (tertiary/aromatic N) is 1. The van der Waals surface area contributed by atoms with Crippen LogP contribution in [0.4, 0.5) is 17.1 Å². The van der Waals surface area contributed by atoms with Gasteiger partial charge >= 0.3 is 0 Å². The summed E-state index contributed by atoms with van der Waals surface area (Å²) in [5.41, 5.74) is 9.80. The molecule has 2 aromatic carbocycles. The molecule has 0 aliphatic carbocycles. The summed E-state index contributed by atoms with van der Waals surface area (Å²) in [4.78, 5) is 14.6. The number of rotatable bonds is 4. The minimum Gasteiger partial charge on any atom is -0.399 e. The lowest BCUT2D eigenvalue weighted by Gasteiger charge is -2.18. The van der Waals surface area contributed by atoms with E-state index in [-0.39, 0.29) is 5.91 Å². The van der Waals surface area contributed by atoms with E-state index < -0.39 is 0 Å². The van der Waals surface area contributed by atoms with E-state index in [4.69, 9.17) is 5.73 Å². The van der Waals surface area contributed by atoms with Crippen LogP contribution in [0.25, 0.3) is 0 Å². The van der Waals surface area contributed by atoms with Crippen molar-refractivity contribution in [1.29, 1.82) is 0 Å². The molecule has 0 radical (unpaired) electrons. The molecule has 0 saturated carbocycles. The Morgan fingerprint density at radius 3 is 2.59 bits per heavy atom. The summed E-state index contributed by atoms with van der Waals surface area (Å²) in [6.07, 6.45) is 0.865. The van der Waals surface area contributed by atoms with Crippen molar-refractivity contribution in [2.75, 3.05) is 30.0 Å². The lowest BCUT2D eigenvalue weighted by atomic mass is 10.1. The van der Waals surface area contributed by atoms with Crippen LogP contribution in [-0.2, 0) is 6.42 Å². The van der Waals surface area contributed by atoms with Crippen LogP contribution in [-0.4, -0.2) is 20.0 Å². The molecule has 0 aliphatic rings. The second-order valence-electron chi connectivity index (χ2n) is 5.28. The number of benzene rings is 2. The number of carbonyl (C=O) groups excluding carboxylic acids is 1. The van der Waals surface area contributed by atoms with E-state index >= 15 is 0 Å². The van der Waals surface area contributed by atoms with E-state index in [1.54, 1.807) is 12.1 Å². The van der Waals surface area contributed by atoms with Gasteiger partial charge in [0.05, 0.1) is 5.56 Å². The molecule has 0 saturated heterocycles. The number of nitrogens with one attached hydrogen (secondary N) is 1. The fraction of sp³-hybridized carbons (Fsp3) is 0.235. The predicted octanol–water partition coefficient (Wildman–Crippen LogP) is 3.75. The zero-order valence-electron chi connectivity index (χ0n) is 13.0. The summed E-state index contributed by atoms with van der Waals surface area (Å²) >= 11 is 2.27. The molecule has 4 nitrogen and oxygen atoms in total. The molecule has 116 valence electrons. The van der Waals surface area contributed by atoms with E-state index in [2.05, 4.69) is 40.9 Å². The Morgan fingerprint density at radius 1 is 1.23 bits per heavy atom. The fourth-order valence-electron chi connectivity index (χ4n) is 2.29. The molecule has 0 heterocycles. The highest BCUT2D eigenvalue weighted by atomic mass is 127. The quantitative estimate of drug-likeness (QED) is 0.598. The Morgan fingerprint density at radius 2 is 1.95 bits per heavy atom. The molecule has 0 spiro atoms. The van der Waals surface area contributed by atoms with Crippen molar-refractivity contribution in [3.05, 3.63) is 51.1 Å². The van der Waals surface area contributed by atoms with Crippen molar-refractivity contribution in [1.82, 2.24) is 0 Å². The highest BCUT2D eigenvalue weighted by Gasteiger charge is 2.15. The third-order valence-electron chi connectivity index (χ3n) is 3.44. The molecule has 22 heavy (non-hydrogen) atoms. The molecule has 0 atom stereocenters. The number of hydrogen-bond acceptors (Lipinski definition) is 3. The van der Waals surface area contributed by atoms with Gasteiger partial charge in [0.1, 0.15) is 0 Å². The van der Waals surface area contributed by atoms with Crippen LogP contribution in [0.3, 0.4) is 0 Å². The van der Waals surface area contributed by atoms with Gasteiger partial charge in [-0.2, -0.15) is 0 Å². The van der Waals surface area contributed by atoms with Crippen LogP contribution in [0.2, 0.25) is 0 Å². The number of amides is 1. The third-order valence-corrected chi connectivity index (χ3v) is 4.11. The van der Waals surface area contributed by atoms with E-state index in [0.717, 1.165) is 26.9 Å². The van der Waals surface area contributed by atoms with Crippen molar-refractivity contribution in [3.63, 3.8) is 0 Å². The van der Waals surface area contributed by atoms with Crippen LogP contribution in [0.15, 0.2) is 36.4 Å². The number of halogens is 1. The van der Waals surface area contributed by atoms with Crippen LogP contribution >= 0.6 is 22.6 Å². The summed E-state index contributed by atoms with van der Waals surface area (Å²) in [5.74, 6) is -0.146. The fourth-order valence-corrected chi connectivity index (χ4v) is 2.85. The van der Waals surface area contributed by atoms with Crippen LogP contribution in [0.1, 0.15) is 22.8 Å². The lowest BCUT2D eigenvalue weighted by Crippen LogP contribution is -2.19. The first-order valence-corrected chi connectivity index (χ1v) is 8.17. The standard InChI is InChI=1S/C17H20IN3O/c1-4-11-9-12(18)5-7-15(11)20-17(22)14-10-13(19)6-8-16(14)21(2)3/h5-10H,4,19H2,1-3H3,(H,20,22). The van der Waals surface area contributed by atoms with Crippen LogP contribution in [0, 0.1) is 3.57 Å². The van der Waals surface area contributed by atoms with Gasteiger partial charge in [-0.05, 0) is 71.0 Å². The highest BCUT2D eigenvalue weighted by Crippen LogP contribution is 2.25. The Balaban J connectivity index is 2.36. The van der Waals surface area contributed by atoms with Gasteiger partial charge in [-0.1, -0.05) is 6.92 Å². The van der Waals surface area contributed by atoms with E-state index in [9.17, 15) is 4.79 Å². The normalized spacial score (nSPS) is 10.4. The van der Waals surface area contributed by atoms with Crippen LogP contribution in [0.5, 0.6) is 0 Å². The summed E-state index contributed by atoms with van der Waals surface area (Å²) in [6, 6.07) is 11.4. The molecule has 2 aromatic rings. The van der Waals surface area contributed by atoms with E-state index in [1.165, 1.54) is 0 Å². The van der Waals surface area contributed by atoms with E-state index in [1.807, 2.05) is 37.2 Å². The smallest absolute Gasteiger partial charge is 0.257 e. The van der Waals surface area contributed by atoms with Gasteiger partial charge in [0, 0.05) is 34.7 Å². The number of hydrogen-bond donors (Lipinski definition) is 2. The van der Waals surface area contributed by atoms with Crippen LogP contribution < -0.4 is 16.0 Å². The number of nitrogens with two attached hydrogens (primary N) is 1. The van der Waals surface area contributed by atoms with Crippen molar-refractivity contribution >= 4 is 45.6 Å². The molecule has 0 aromatic heterocycles. The minimum atomic E-state index is -0.146. The molecule has 5 heteroatoms. The Kier molecular flexibility index (Phi) is 5.28. The topological polar surface area (TPSA) is 58.4 Å². The van der Waals surface area contributed by atoms with Gasteiger partial charge in [0.25, 0.3) is 5.91 Å². The Hall–Kier alpha value is -1.76. The molecule has 3 N–H and O–H groups in total. The number of anilines is 3. The Bertz CT molecular complexity index is 698. The van der Waals surface area contributed by atoms with Crippen molar-refractivity contribution in [3.8, 4) is 0 Å². The monoisotopic (exact) mass is 409 g/mol. The van der Waals surface area contributed by atoms with Gasteiger partial charge in [-0.3, -0.25) is 4.79 Å². The second kappa shape index (κ2) is 7.00. The molecule has 0 fully saturated rings. The van der Waals surface area contributed by atoms with Crippen molar-refractivity contribution < 1.29 is 4.79 Å². The third kappa shape index (κ3) is 3.71. The molecule has 0 unspecified atom stereocenters. The first-order valence-electron chi connectivity index (χ1n) is 7.09. The number of carbonyl (C=O) groups is 1.